The van der Waals surface area contributed by atoms with Crippen molar-refractivity contribution < 1.29 is 23.1 Å². The normalized spacial score (nSPS) is 15.3. The van der Waals surface area contributed by atoms with Crippen LogP contribution in [-0.4, -0.2) is 28.7 Å². The molecule has 3 aromatic rings. The van der Waals surface area contributed by atoms with Gasteiger partial charge in [-0.2, -0.15) is 5.10 Å². The van der Waals surface area contributed by atoms with Crippen molar-refractivity contribution in [3.63, 3.8) is 0 Å². The van der Waals surface area contributed by atoms with Crippen molar-refractivity contribution in [1.82, 2.24) is 9.78 Å². The minimum atomic E-state index is -1.08. The van der Waals surface area contributed by atoms with Crippen LogP contribution in [0.25, 0.3) is 11.3 Å². The molecular weight excluding hydrogens is 394 g/mol. The summed E-state index contributed by atoms with van der Waals surface area (Å²) >= 11 is 0. The molecule has 1 atom stereocenters. The Kier molecular flexibility index (Phi) is 4.94. The molecule has 1 unspecified atom stereocenters. The van der Waals surface area contributed by atoms with Gasteiger partial charge < -0.3 is 15.4 Å². The largest absolute Gasteiger partial charge is 0.497 e. The van der Waals surface area contributed by atoms with E-state index >= 15 is 0 Å². The number of aromatic nitrogens is 2. The van der Waals surface area contributed by atoms with Gasteiger partial charge in [0.2, 0.25) is 11.8 Å². The average molecular weight is 412 g/mol. The van der Waals surface area contributed by atoms with E-state index in [1.165, 1.54) is 10.7 Å². The molecule has 0 aliphatic carbocycles. The number of fused-ring (bicyclic) bond motifs is 1. The fourth-order valence-corrected chi connectivity index (χ4v) is 3.36. The van der Waals surface area contributed by atoms with Gasteiger partial charge in [0.25, 0.3) is 0 Å². The van der Waals surface area contributed by atoms with Crippen molar-refractivity contribution in [2.75, 3.05) is 17.7 Å². The number of rotatable bonds is 4. The lowest BCUT2D eigenvalue weighted by Gasteiger charge is -2.24. The Balaban J connectivity index is 1.67. The van der Waals surface area contributed by atoms with E-state index in [1.807, 2.05) is 12.1 Å². The predicted molar refractivity (Wildman–Crippen MR) is 106 cm³/mol. The van der Waals surface area contributed by atoms with Gasteiger partial charge in [0.1, 0.15) is 17.6 Å². The van der Waals surface area contributed by atoms with Gasteiger partial charge in [-0.1, -0.05) is 0 Å². The number of nitrogens with zero attached hydrogens (tertiary/aromatic N) is 2. The molecule has 4 rings (SSSR count). The summed E-state index contributed by atoms with van der Waals surface area (Å²) in [6.07, 6.45) is -0.133. The second-order valence-corrected chi connectivity index (χ2v) is 6.88. The monoisotopic (exact) mass is 412 g/mol. The lowest BCUT2D eigenvalue weighted by atomic mass is 10.1. The van der Waals surface area contributed by atoms with E-state index in [9.17, 15) is 18.4 Å². The van der Waals surface area contributed by atoms with Crippen molar-refractivity contribution in [1.29, 1.82) is 0 Å². The number of hydrogen-bond donors (Lipinski definition) is 2. The quantitative estimate of drug-likeness (QED) is 0.685. The van der Waals surface area contributed by atoms with Crippen LogP contribution < -0.4 is 15.4 Å². The molecule has 2 N–H and O–H groups in total. The van der Waals surface area contributed by atoms with Crippen LogP contribution in [0.15, 0.2) is 42.5 Å². The molecule has 1 aliphatic rings. The first-order chi connectivity index (χ1) is 14.4. The van der Waals surface area contributed by atoms with Crippen molar-refractivity contribution in [3.8, 4) is 17.0 Å². The summed E-state index contributed by atoms with van der Waals surface area (Å²) in [6, 6.07) is 9.36. The summed E-state index contributed by atoms with van der Waals surface area (Å²) < 4.78 is 33.2. The molecule has 9 heteroatoms. The fraction of sp³-hybridized carbons (Fsp3) is 0.190. The van der Waals surface area contributed by atoms with Gasteiger partial charge >= 0.3 is 0 Å². The van der Waals surface area contributed by atoms with E-state index < -0.39 is 23.6 Å². The molecule has 7 nitrogen and oxygen atoms in total. The van der Waals surface area contributed by atoms with Gasteiger partial charge in [-0.3, -0.25) is 9.59 Å². The average Bonchev–Trinajstić information content (AvgIpc) is 3.06. The zero-order valence-electron chi connectivity index (χ0n) is 16.2. The molecule has 2 heterocycles. The maximum absolute atomic E-state index is 13.5. The molecule has 1 aromatic heterocycles. The molecule has 2 amide bonds. The van der Waals surface area contributed by atoms with E-state index in [1.54, 1.807) is 26.2 Å². The first kappa shape index (κ1) is 19.6. The zero-order chi connectivity index (χ0) is 21.4. The van der Waals surface area contributed by atoms with Crippen LogP contribution in [0, 0.1) is 18.6 Å². The Bertz CT molecular complexity index is 1140. The number of hydrogen-bond acceptors (Lipinski definition) is 4. The van der Waals surface area contributed by atoms with E-state index in [2.05, 4.69) is 15.7 Å². The number of carbonyl (C=O) groups excluding carboxylic acids is 2. The molecule has 30 heavy (non-hydrogen) atoms. The third kappa shape index (κ3) is 3.49. The highest BCUT2D eigenvalue weighted by Gasteiger charge is 2.34. The van der Waals surface area contributed by atoms with Crippen molar-refractivity contribution in [2.24, 2.45) is 0 Å². The highest BCUT2D eigenvalue weighted by atomic mass is 19.2. The number of ether oxygens (including phenoxy) is 1. The lowest BCUT2D eigenvalue weighted by molar-refractivity contribution is -0.125. The molecule has 0 spiro atoms. The Morgan fingerprint density at radius 1 is 1.20 bits per heavy atom. The summed E-state index contributed by atoms with van der Waals surface area (Å²) in [4.78, 5) is 25.0. The Hall–Kier alpha value is -3.75. The maximum atomic E-state index is 13.5. The van der Waals surface area contributed by atoms with Gasteiger partial charge in [0.15, 0.2) is 11.6 Å². The van der Waals surface area contributed by atoms with E-state index in [0.29, 0.717) is 22.8 Å². The molecule has 0 saturated heterocycles. The van der Waals surface area contributed by atoms with Gasteiger partial charge in [-0.05, 0) is 43.3 Å². The van der Waals surface area contributed by atoms with Crippen LogP contribution in [0.2, 0.25) is 0 Å². The fourth-order valence-electron chi connectivity index (χ4n) is 3.36. The number of anilines is 2. The van der Waals surface area contributed by atoms with Crippen molar-refractivity contribution >= 4 is 23.3 Å². The highest BCUT2D eigenvalue weighted by Crippen LogP contribution is 2.35. The molecular formula is C21H18F2N4O3. The van der Waals surface area contributed by atoms with Crippen molar-refractivity contribution in [2.45, 2.75) is 19.4 Å². The highest BCUT2D eigenvalue weighted by molar-refractivity contribution is 6.02. The minimum absolute atomic E-state index is 0.0886. The molecule has 0 saturated carbocycles. The summed E-state index contributed by atoms with van der Waals surface area (Å²) in [5.41, 5.74) is 2.20. The molecule has 2 aromatic carbocycles. The maximum Gasteiger partial charge on any atom is 0.249 e. The number of halogens is 2. The standard InChI is InChI=1S/C21H18F2N4O3/c1-11-19(12-3-6-14(30-2)7-4-12)26-27-17(10-18(28)25-20(11)27)21(29)24-13-5-8-15(22)16(23)9-13/h3-9,17H,10H2,1-2H3,(H,24,29)(H,25,28). The van der Waals surface area contributed by atoms with Crippen LogP contribution in [0.3, 0.4) is 0 Å². The Labute approximate surface area is 170 Å². The summed E-state index contributed by atoms with van der Waals surface area (Å²) in [7, 11) is 1.57. The topological polar surface area (TPSA) is 85.2 Å². The number of benzene rings is 2. The first-order valence-electron chi connectivity index (χ1n) is 9.16. The SMILES string of the molecule is COc1ccc(-c2nn3c(c2C)NC(=O)CC3C(=O)Nc2ccc(F)c(F)c2)cc1. The molecule has 154 valence electrons. The zero-order valence-corrected chi connectivity index (χ0v) is 16.2. The van der Waals surface area contributed by atoms with Gasteiger partial charge in [0, 0.05) is 22.9 Å². The van der Waals surface area contributed by atoms with Crippen LogP contribution >= 0.6 is 0 Å². The van der Waals surface area contributed by atoms with E-state index in [4.69, 9.17) is 4.74 Å². The molecule has 1 aliphatic heterocycles. The van der Waals surface area contributed by atoms with Crippen LogP contribution in [-0.2, 0) is 9.59 Å². The Morgan fingerprint density at radius 2 is 1.93 bits per heavy atom. The number of carbonyl (C=O) groups is 2. The van der Waals surface area contributed by atoms with Crippen molar-refractivity contribution in [3.05, 3.63) is 59.7 Å². The predicted octanol–water partition coefficient (Wildman–Crippen LogP) is 3.67. The molecule has 0 bridgehead atoms. The van der Waals surface area contributed by atoms with Crippen LogP contribution in [0.4, 0.5) is 20.3 Å². The third-order valence-electron chi connectivity index (χ3n) is 4.93. The third-order valence-corrected chi connectivity index (χ3v) is 4.93. The number of nitrogens with one attached hydrogen (secondary N) is 2. The van der Waals surface area contributed by atoms with Gasteiger partial charge in [-0.15, -0.1) is 0 Å². The van der Waals surface area contributed by atoms with Gasteiger partial charge in [0.05, 0.1) is 19.2 Å². The van der Waals surface area contributed by atoms with E-state index in [-0.39, 0.29) is 18.0 Å². The van der Waals surface area contributed by atoms with Crippen LogP contribution in [0.5, 0.6) is 5.75 Å². The second-order valence-electron chi connectivity index (χ2n) is 6.88. The minimum Gasteiger partial charge on any atom is -0.497 e. The second kappa shape index (κ2) is 7.58. The molecule has 0 fully saturated rings. The summed E-state index contributed by atoms with van der Waals surface area (Å²) in [6.45, 7) is 1.80. The van der Waals surface area contributed by atoms with Crippen LogP contribution in [0.1, 0.15) is 18.0 Å². The van der Waals surface area contributed by atoms with Gasteiger partial charge in [-0.25, -0.2) is 13.5 Å². The lowest BCUT2D eigenvalue weighted by Crippen LogP contribution is -2.36. The number of amides is 2. The summed E-state index contributed by atoms with van der Waals surface area (Å²) in [5.74, 6) is -1.87. The Morgan fingerprint density at radius 3 is 2.60 bits per heavy atom. The summed E-state index contributed by atoms with van der Waals surface area (Å²) in [5, 5.41) is 9.83. The first-order valence-corrected chi connectivity index (χ1v) is 9.16. The smallest absolute Gasteiger partial charge is 0.249 e. The van der Waals surface area contributed by atoms with E-state index in [0.717, 1.165) is 17.7 Å². The molecule has 0 radical (unpaired) electrons. The number of methoxy groups -OCH3 is 1.